The Morgan fingerprint density at radius 1 is 1.12 bits per heavy atom. The van der Waals surface area contributed by atoms with Crippen LogP contribution >= 0.6 is 0 Å². The Kier molecular flexibility index (Phi) is 9.57. The molecule has 11 heteroatoms. The van der Waals surface area contributed by atoms with Gasteiger partial charge in [0.25, 0.3) is 5.91 Å². The second kappa shape index (κ2) is 12.7. The van der Waals surface area contributed by atoms with Crippen LogP contribution in [0, 0.1) is 5.41 Å². The summed E-state index contributed by atoms with van der Waals surface area (Å²) in [5, 5.41) is 13.9. The summed E-state index contributed by atoms with van der Waals surface area (Å²) in [7, 11) is 0. The van der Waals surface area contributed by atoms with E-state index in [1.54, 1.807) is 45.0 Å². The molecule has 2 aromatic carbocycles. The second-order valence-corrected chi connectivity index (χ2v) is 11.1. The maximum absolute atomic E-state index is 13.8. The zero-order chi connectivity index (χ0) is 30.3. The standard InChI is InChI=1S/C30H35N5O6/c1-5-17-29(18-16-22-12-8-6-9-13-22)21-35(25(37)30(29,26(38)39)32-33-31)24(36)20-34(27(40)41-28(2,3)4)19-23-14-10-7-11-15-23/h5-15H,1,16-21H2,2-4H3,(H,38,39)/t29-,30-/m1/s1. The molecule has 0 aliphatic carbocycles. The summed E-state index contributed by atoms with van der Waals surface area (Å²) >= 11 is 0. The molecule has 1 saturated heterocycles. The van der Waals surface area contributed by atoms with Gasteiger partial charge in [0.15, 0.2) is 0 Å². The van der Waals surface area contributed by atoms with Crippen LogP contribution < -0.4 is 0 Å². The summed E-state index contributed by atoms with van der Waals surface area (Å²) in [5.74, 6) is -3.62. The number of rotatable bonds is 11. The lowest BCUT2D eigenvalue weighted by Crippen LogP contribution is -2.55. The fourth-order valence-corrected chi connectivity index (χ4v) is 5.13. The SMILES string of the molecule is C=CC[C@@]1(CCc2ccccc2)CN(C(=O)CN(Cc2ccccc2)C(=O)OC(C)(C)C)C(=O)[C@@]1(N=[N+]=[N-])C(=O)O. The number of benzene rings is 2. The summed E-state index contributed by atoms with van der Waals surface area (Å²) in [6.07, 6.45) is 1.14. The normalized spacial score (nSPS) is 20.2. The monoisotopic (exact) mass is 561 g/mol. The van der Waals surface area contributed by atoms with E-state index in [1.165, 1.54) is 6.08 Å². The fraction of sp³-hybridized carbons (Fsp3) is 0.400. The van der Waals surface area contributed by atoms with Crippen LogP contribution in [0.5, 0.6) is 0 Å². The molecule has 2 aromatic rings. The average Bonchev–Trinajstić information content (AvgIpc) is 3.16. The smallest absolute Gasteiger partial charge is 0.411 e. The molecule has 1 fully saturated rings. The van der Waals surface area contributed by atoms with E-state index in [-0.39, 0.29) is 25.9 Å². The zero-order valence-electron chi connectivity index (χ0n) is 23.5. The Morgan fingerprint density at radius 3 is 2.22 bits per heavy atom. The molecule has 0 radical (unpaired) electrons. The molecule has 41 heavy (non-hydrogen) atoms. The number of hydrogen-bond acceptors (Lipinski definition) is 6. The lowest BCUT2D eigenvalue weighted by Gasteiger charge is -2.36. The van der Waals surface area contributed by atoms with Gasteiger partial charge in [0, 0.05) is 23.4 Å². The van der Waals surface area contributed by atoms with Gasteiger partial charge in [-0.1, -0.05) is 71.9 Å². The number of imide groups is 1. The van der Waals surface area contributed by atoms with Gasteiger partial charge in [-0.15, -0.1) is 6.58 Å². The minimum absolute atomic E-state index is 0.00968. The number of azide groups is 1. The first-order valence-corrected chi connectivity index (χ1v) is 13.2. The lowest BCUT2D eigenvalue weighted by molar-refractivity contribution is -0.154. The molecule has 1 aliphatic heterocycles. The van der Waals surface area contributed by atoms with E-state index < -0.39 is 47.0 Å². The highest BCUT2D eigenvalue weighted by Crippen LogP contribution is 2.50. The van der Waals surface area contributed by atoms with E-state index in [1.807, 2.05) is 36.4 Å². The number of carbonyl (C=O) groups excluding carboxylic acids is 3. The topological polar surface area (TPSA) is 153 Å². The van der Waals surface area contributed by atoms with Gasteiger partial charge in [0.05, 0.1) is 0 Å². The van der Waals surface area contributed by atoms with Gasteiger partial charge < -0.3 is 9.84 Å². The third-order valence-corrected chi connectivity index (χ3v) is 7.05. The van der Waals surface area contributed by atoms with Crippen LogP contribution in [0.25, 0.3) is 10.4 Å². The van der Waals surface area contributed by atoms with Gasteiger partial charge in [0.1, 0.15) is 12.1 Å². The Morgan fingerprint density at radius 2 is 1.71 bits per heavy atom. The van der Waals surface area contributed by atoms with Crippen LogP contribution in [0.1, 0.15) is 44.7 Å². The highest BCUT2D eigenvalue weighted by atomic mass is 16.6. The molecule has 2 atom stereocenters. The third kappa shape index (κ3) is 6.75. The Bertz CT molecular complexity index is 1330. The first kappa shape index (κ1) is 30.9. The fourth-order valence-electron chi connectivity index (χ4n) is 5.13. The molecule has 0 bridgehead atoms. The van der Waals surface area contributed by atoms with Crippen LogP contribution in [0.4, 0.5) is 4.79 Å². The Labute approximate surface area is 239 Å². The van der Waals surface area contributed by atoms with Gasteiger partial charge in [-0.05, 0) is 56.7 Å². The molecule has 11 nitrogen and oxygen atoms in total. The van der Waals surface area contributed by atoms with Crippen molar-refractivity contribution in [3.63, 3.8) is 0 Å². The van der Waals surface area contributed by atoms with E-state index in [0.29, 0.717) is 6.42 Å². The number of carboxylic acid groups (broad SMARTS) is 1. The minimum atomic E-state index is -2.59. The maximum atomic E-state index is 13.8. The summed E-state index contributed by atoms with van der Waals surface area (Å²) in [4.78, 5) is 58.1. The molecule has 0 saturated carbocycles. The van der Waals surface area contributed by atoms with Crippen molar-refractivity contribution >= 4 is 23.9 Å². The zero-order valence-corrected chi connectivity index (χ0v) is 23.5. The van der Waals surface area contributed by atoms with Gasteiger partial charge in [-0.2, -0.15) is 0 Å². The highest BCUT2D eigenvalue weighted by molar-refractivity contribution is 6.15. The van der Waals surface area contributed by atoms with Crippen molar-refractivity contribution in [2.45, 2.75) is 57.7 Å². The van der Waals surface area contributed by atoms with Crippen molar-refractivity contribution in [2.75, 3.05) is 13.1 Å². The quantitative estimate of drug-likeness (QED) is 0.132. The predicted molar refractivity (Wildman–Crippen MR) is 151 cm³/mol. The van der Waals surface area contributed by atoms with Crippen LogP contribution in [0.2, 0.25) is 0 Å². The molecule has 1 N–H and O–H groups in total. The predicted octanol–water partition coefficient (Wildman–Crippen LogP) is 5.12. The van der Waals surface area contributed by atoms with Crippen LogP contribution in [-0.2, 0) is 32.1 Å². The number of nitrogens with zero attached hydrogens (tertiary/aromatic N) is 5. The van der Waals surface area contributed by atoms with Crippen LogP contribution in [-0.4, -0.2) is 63.0 Å². The van der Waals surface area contributed by atoms with Crippen molar-refractivity contribution in [2.24, 2.45) is 10.5 Å². The van der Waals surface area contributed by atoms with E-state index in [9.17, 15) is 29.8 Å². The van der Waals surface area contributed by atoms with Gasteiger partial charge >= 0.3 is 12.1 Å². The molecular formula is C30H35N5O6. The first-order valence-electron chi connectivity index (χ1n) is 13.2. The third-order valence-electron chi connectivity index (χ3n) is 7.05. The lowest BCUT2D eigenvalue weighted by atomic mass is 9.66. The van der Waals surface area contributed by atoms with E-state index in [0.717, 1.165) is 20.9 Å². The average molecular weight is 562 g/mol. The van der Waals surface area contributed by atoms with Crippen molar-refractivity contribution in [3.8, 4) is 0 Å². The highest BCUT2D eigenvalue weighted by Gasteiger charge is 2.68. The number of carbonyl (C=O) groups is 4. The van der Waals surface area contributed by atoms with E-state index in [4.69, 9.17) is 4.74 Å². The summed E-state index contributed by atoms with van der Waals surface area (Å²) in [5.41, 5.74) is 6.09. The molecular weight excluding hydrogens is 526 g/mol. The second-order valence-electron chi connectivity index (χ2n) is 11.1. The molecule has 3 amide bonds. The number of aryl methyl sites for hydroxylation is 1. The number of ether oxygens (including phenoxy) is 1. The number of likely N-dealkylation sites (tertiary alicyclic amines) is 1. The largest absolute Gasteiger partial charge is 0.480 e. The molecule has 1 aliphatic rings. The summed E-state index contributed by atoms with van der Waals surface area (Å²) in [6, 6.07) is 18.2. The summed E-state index contributed by atoms with van der Waals surface area (Å²) in [6.45, 7) is 7.93. The van der Waals surface area contributed by atoms with Crippen molar-refractivity contribution < 1.29 is 29.0 Å². The molecule has 216 valence electrons. The summed E-state index contributed by atoms with van der Waals surface area (Å²) < 4.78 is 5.50. The molecule has 0 unspecified atom stereocenters. The van der Waals surface area contributed by atoms with Crippen molar-refractivity contribution in [3.05, 3.63) is 94.9 Å². The van der Waals surface area contributed by atoms with Crippen LogP contribution in [0.15, 0.2) is 78.4 Å². The van der Waals surface area contributed by atoms with E-state index in [2.05, 4.69) is 16.6 Å². The molecule has 3 rings (SSSR count). The minimum Gasteiger partial charge on any atom is -0.480 e. The van der Waals surface area contributed by atoms with Gasteiger partial charge in [0.2, 0.25) is 11.4 Å². The number of amides is 3. The molecule has 0 spiro atoms. The number of aliphatic carboxylic acids is 1. The maximum Gasteiger partial charge on any atom is 0.411 e. The number of allylic oxidation sites excluding steroid dienone is 1. The van der Waals surface area contributed by atoms with Gasteiger partial charge in [-0.25, -0.2) is 4.79 Å². The molecule has 1 heterocycles. The molecule has 0 aromatic heterocycles. The Balaban J connectivity index is 2.00. The van der Waals surface area contributed by atoms with E-state index >= 15 is 0 Å². The first-order chi connectivity index (χ1) is 19.4. The van der Waals surface area contributed by atoms with Crippen LogP contribution in [0.3, 0.4) is 0 Å². The van der Waals surface area contributed by atoms with Gasteiger partial charge in [-0.3, -0.25) is 24.2 Å². The van der Waals surface area contributed by atoms with Crippen molar-refractivity contribution in [1.29, 1.82) is 0 Å². The van der Waals surface area contributed by atoms with Crippen molar-refractivity contribution in [1.82, 2.24) is 9.80 Å². The Hall–Kier alpha value is -4.63. The number of carboxylic acids is 1. The number of hydrogen-bond donors (Lipinski definition) is 1.